The van der Waals surface area contributed by atoms with Crippen LogP contribution in [-0.2, 0) is 6.42 Å². The van der Waals surface area contributed by atoms with Crippen LogP contribution in [0.4, 0.5) is 5.69 Å². The summed E-state index contributed by atoms with van der Waals surface area (Å²) in [6.45, 7) is 0. The van der Waals surface area contributed by atoms with Gasteiger partial charge in [-0.2, -0.15) is 5.10 Å². The molecule has 1 aliphatic carbocycles. The zero-order chi connectivity index (χ0) is 18.8. The van der Waals surface area contributed by atoms with Gasteiger partial charge in [-0.25, -0.2) is 0 Å². The fourth-order valence-electron chi connectivity index (χ4n) is 3.95. The molecule has 0 amide bonds. The number of nitrogens with one attached hydrogen (secondary N) is 1. The molecule has 2 nitrogen and oxygen atoms in total. The highest BCUT2D eigenvalue weighted by Crippen LogP contribution is 2.41. The number of para-hydroxylation sites is 1. The Bertz CT molecular complexity index is 1160. The molecule has 0 fully saturated rings. The summed E-state index contributed by atoms with van der Waals surface area (Å²) < 4.78 is 0. The zero-order valence-corrected chi connectivity index (χ0v) is 15.5. The van der Waals surface area contributed by atoms with Crippen molar-refractivity contribution >= 4 is 11.9 Å². The molecule has 28 heavy (non-hydrogen) atoms. The van der Waals surface area contributed by atoms with E-state index in [4.69, 9.17) is 0 Å². The average molecular weight is 360 g/mol. The summed E-state index contributed by atoms with van der Waals surface area (Å²) in [5.74, 6) is 0. The van der Waals surface area contributed by atoms with Crippen molar-refractivity contribution in [2.24, 2.45) is 5.10 Å². The molecule has 0 radical (unpaired) electrons. The molecule has 0 saturated heterocycles. The first-order chi connectivity index (χ1) is 13.9. The number of benzene rings is 4. The van der Waals surface area contributed by atoms with Crippen LogP contribution in [0.25, 0.3) is 22.3 Å². The second kappa shape index (κ2) is 7.16. The van der Waals surface area contributed by atoms with Crippen LogP contribution in [0.3, 0.4) is 0 Å². The molecule has 134 valence electrons. The summed E-state index contributed by atoms with van der Waals surface area (Å²) in [6.07, 6.45) is 2.89. The number of rotatable bonds is 4. The maximum absolute atomic E-state index is 4.46. The Balaban J connectivity index is 1.52. The molecule has 2 heteroatoms. The van der Waals surface area contributed by atoms with Crippen LogP contribution in [0, 0.1) is 0 Å². The van der Waals surface area contributed by atoms with Crippen LogP contribution in [0.1, 0.15) is 16.7 Å². The van der Waals surface area contributed by atoms with Crippen LogP contribution in [0.2, 0.25) is 0 Å². The summed E-state index contributed by atoms with van der Waals surface area (Å²) in [6, 6.07) is 33.8. The minimum atomic E-state index is 0.979. The molecule has 5 rings (SSSR count). The van der Waals surface area contributed by atoms with Gasteiger partial charge in [0.25, 0.3) is 0 Å². The highest BCUT2D eigenvalue weighted by atomic mass is 15.3. The van der Waals surface area contributed by atoms with E-state index in [-0.39, 0.29) is 0 Å². The summed E-state index contributed by atoms with van der Waals surface area (Å²) in [7, 11) is 0. The molecule has 0 aromatic heterocycles. The largest absolute Gasteiger partial charge is 0.279 e. The van der Waals surface area contributed by atoms with Crippen molar-refractivity contribution in [3.8, 4) is 22.3 Å². The van der Waals surface area contributed by atoms with Gasteiger partial charge in [-0.1, -0.05) is 84.9 Å². The number of hydrazone groups is 1. The fraction of sp³-hybridized carbons (Fsp3) is 0.0385. The van der Waals surface area contributed by atoms with Gasteiger partial charge in [0.2, 0.25) is 0 Å². The van der Waals surface area contributed by atoms with Crippen molar-refractivity contribution in [2.75, 3.05) is 5.43 Å². The van der Waals surface area contributed by atoms with E-state index in [1.807, 2.05) is 36.5 Å². The highest BCUT2D eigenvalue weighted by Gasteiger charge is 2.21. The number of hydrogen-bond donors (Lipinski definition) is 1. The van der Waals surface area contributed by atoms with E-state index < -0.39 is 0 Å². The summed E-state index contributed by atoms with van der Waals surface area (Å²) in [5, 5.41) is 4.46. The lowest BCUT2D eigenvalue weighted by Crippen LogP contribution is -1.95. The Morgan fingerprint density at radius 1 is 0.607 bits per heavy atom. The number of nitrogens with zero attached hydrogens (tertiary/aromatic N) is 1. The van der Waals surface area contributed by atoms with E-state index in [0.29, 0.717) is 0 Å². The molecule has 0 heterocycles. The lowest BCUT2D eigenvalue weighted by molar-refractivity contribution is 1.26. The smallest absolute Gasteiger partial charge is 0.0561 e. The zero-order valence-electron chi connectivity index (χ0n) is 15.5. The predicted molar refractivity (Wildman–Crippen MR) is 118 cm³/mol. The van der Waals surface area contributed by atoms with Crippen molar-refractivity contribution in [2.45, 2.75) is 6.42 Å². The van der Waals surface area contributed by atoms with E-state index in [0.717, 1.165) is 17.7 Å². The van der Waals surface area contributed by atoms with E-state index in [9.17, 15) is 0 Å². The Labute approximate surface area is 165 Å². The van der Waals surface area contributed by atoms with Gasteiger partial charge in [-0.05, 0) is 51.9 Å². The molecule has 4 aromatic carbocycles. The van der Waals surface area contributed by atoms with Gasteiger partial charge in [-0.3, -0.25) is 5.43 Å². The Hall–Kier alpha value is -3.65. The molecule has 1 N–H and O–H groups in total. The first-order valence-electron chi connectivity index (χ1n) is 9.54. The molecular formula is C26H20N2. The third-order valence-electron chi connectivity index (χ3n) is 5.27. The lowest BCUT2D eigenvalue weighted by Gasteiger charge is -2.11. The Kier molecular flexibility index (Phi) is 4.23. The van der Waals surface area contributed by atoms with Crippen molar-refractivity contribution in [3.63, 3.8) is 0 Å². The molecule has 4 aromatic rings. The van der Waals surface area contributed by atoms with Gasteiger partial charge in [0.1, 0.15) is 0 Å². The van der Waals surface area contributed by atoms with Crippen LogP contribution in [0.5, 0.6) is 0 Å². The molecule has 1 aliphatic rings. The SMILES string of the molecule is C(=N\Nc1ccccc1)/c1ccccc1-c1cccc2c1Cc1ccccc1-2. The maximum atomic E-state index is 4.46. The predicted octanol–water partition coefficient (Wildman–Crippen LogP) is 6.37. The monoisotopic (exact) mass is 360 g/mol. The third kappa shape index (κ3) is 2.99. The molecule has 0 spiro atoms. The summed E-state index contributed by atoms with van der Waals surface area (Å²) >= 11 is 0. The molecule has 0 aliphatic heterocycles. The van der Waals surface area contributed by atoms with Gasteiger partial charge in [0.05, 0.1) is 11.9 Å². The van der Waals surface area contributed by atoms with E-state index >= 15 is 0 Å². The summed E-state index contributed by atoms with van der Waals surface area (Å²) in [5.41, 5.74) is 13.2. The topological polar surface area (TPSA) is 24.4 Å². The standard InChI is InChI=1S/C26H20N2/c1-2-11-21(12-3-1)28-27-18-20-10-5-7-14-23(20)25-16-8-15-24-22-13-6-4-9-19(22)17-26(24)25/h1-16,18,28H,17H2/b27-18+. The quantitative estimate of drug-likeness (QED) is 0.292. The van der Waals surface area contributed by atoms with Gasteiger partial charge in [0, 0.05) is 5.56 Å². The van der Waals surface area contributed by atoms with Crippen LogP contribution < -0.4 is 5.43 Å². The number of anilines is 1. The van der Waals surface area contributed by atoms with Gasteiger partial charge in [-0.15, -0.1) is 0 Å². The van der Waals surface area contributed by atoms with Gasteiger partial charge in [0.15, 0.2) is 0 Å². The van der Waals surface area contributed by atoms with Crippen LogP contribution >= 0.6 is 0 Å². The van der Waals surface area contributed by atoms with Crippen molar-refractivity contribution in [1.82, 2.24) is 0 Å². The third-order valence-corrected chi connectivity index (χ3v) is 5.27. The van der Waals surface area contributed by atoms with Crippen molar-refractivity contribution in [3.05, 3.63) is 114 Å². The summed E-state index contributed by atoms with van der Waals surface area (Å²) in [4.78, 5) is 0. The van der Waals surface area contributed by atoms with Crippen molar-refractivity contribution in [1.29, 1.82) is 0 Å². The number of hydrogen-bond acceptors (Lipinski definition) is 2. The molecule has 0 unspecified atom stereocenters. The first kappa shape index (κ1) is 16.5. The highest BCUT2D eigenvalue weighted by molar-refractivity contribution is 5.94. The van der Waals surface area contributed by atoms with Gasteiger partial charge >= 0.3 is 0 Å². The molecular weight excluding hydrogens is 340 g/mol. The minimum Gasteiger partial charge on any atom is -0.279 e. The average Bonchev–Trinajstić information content (AvgIpc) is 3.14. The van der Waals surface area contributed by atoms with Crippen LogP contribution in [-0.4, -0.2) is 6.21 Å². The molecule has 0 saturated carbocycles. The maximum Gasteiger partial charge on any atom is 0.0561 e. The van der Waals surface area contributed by atoms with Gasteiger partial charge < -0.3 is 0 Å². The second-order valence-electron chi connectivity index (χ2n) is 6.99. The van der Waals surface area contributed by atoms with E-state index in [1.165, 1.54) is 33.4 Å². The fourth-order valence-corrected chi connectivity index (χ4v) is 3.95. The Morgan fingerprint density at radius 2 is 1.25 bits per heavy atom. The van der Waals surface area contributed by atoms with E-state index in [2.05, 4.69) is 77.3 Å². The molecule has 0 bridgehead atoms. The van der Waals surface area contributed by atoms with E-state index in [1.54, 1.807) is 0 Å². The molecule has 0 atom stereocenters. The minimum absolute atomic E-state index is 0.979. The van der Waals surface area contributed by atoms with Crippen molar-refractivity contribution < 1.29 is 0 Å². The second-order valence-corrected chi connectivity index (χ2v) is 6.99. The normalized spacial score (nSPS) is 12.0. The lowest BCUT2D eigenvalue weighted by atomic mass is 9.93. The van der Waals surface area contributed by atoms with Crippen LogP contribution in [0.15, 0.2) is 102 Å². The Morgan fingerprint density at radius 3 is 2.11 bits per heavy atom. The first-order valence-corrected chi connectivity index (χ1v) is 9.54. The number of fused-ring (bicyclic) bond motifs is 3.